The molecule has 0 fully saturated rings. The van der Waals surface area contributed by atoms with Crippen LogP contribution in [0.25, 0.3) is 0 Å². The normalized spacial score (nSPS) is 9.00. The molecule has 0 heterocycles. The molecule has 0 aliphatic heterocycles. The predicted molar refractivity (Wildman–Crippen MR) is 50.5 cm³/mol. The van der Waals surface area contributed by atoms with Gasteiger partial charge in [0.15, 0.2) is 0 Å². The second-order valence-electron chi connectivity index (χ2n) is 2.38. The Balaban J connectivity index is 0.000000262. The summed E-state index contributed by atoms with van der Waals surface area (Å²) in [6.07, 6.45) is 1.12. The van der Waals surface area contributed by atoms with Gasteiger partial charge in [0, 0.05) is 12.2 Å². The average molecular weight is 333 g/mol. The number of carboxylic acids is 2. The van der Waals surface area contributed by atoms with Gasteiger partial charge in [0.2, 0.25) is 0 Å². The molecule has 0 saturated heterocycles. The van der Waals surface area contributed by atoms with E-state index < -0.39 is 11.9 Å². The third-order valence-corrected chi connectivity index (χ3v) is 2.19. The molecule has 0 aliphatic rings. The van der Waals surface area contributed by atoms with Crippen molar-refractivity contribution in [1.29, 1.82) is 0 Å². The van der Waals surface area contributed by atoms with Crippen LogP contribution in [0.4, 0.5) is 0 Å². The van der Waals surface area contributed by atoms with Crippen molar-refractivity contribution in [2.24, 2.45) is 0 Å². The molecule has 0 unspecified atom stereocenters. The molecule has 15 heavy (non-hydrogen) atoms. The van der Waals surface area contributed by atoms with Gasteiger partial charge in [-0.1, -0.05) is 0 Å². The second-order valence-corrected chi connectivity index (χ2v) is 4.19. The maximum atomic E-state index is 9.55. The first-order chi connectivity index (χ1) is 7.02. The Morgan fingerprint density at radius 3 is 1.60 bits per heavy atom. The number of hydrogen-bond donors (Lipinski definition) is 2. The number of rotatable bonds is 2. The van der Waals surface area contributed by atoms with Crippen molar-refractivity contribution in [3.8, 4) is 0 Å². The molecule has 0 aromatic heterocycles. The Bertz CT molecular complexity index is 330. The molecule has 2 N–H and O–H groups in total. The van der Waals surface area contributed by atoms with E-state index in [-0.39, 0.29) is 0 Å². The van der Waals surface area contributed by atoms with E-state index in [1.165, 1.54) is 40.7 Å². The van der Waals surface area contributed by atoms with Gasteiger partial charge in [-0.15, -0.1) is 0 Å². The summed E-state index contributed by atoms with van der Waals surface area (Å²) in [5, 5.41) is 15.6. The van der Waals surface area contributed by atoms with E-state index in [1.807, 2.05) is 6.07 Å². The summed E-state index contributed by atoms with van der Waals surface area (Å²) in [5.41, 5.74) is 0. The summed E-state index contributed by atoms with van der Waals surface area (Å²) in [4.78, 5) is 19.1. The summed E-state index contributed by atoms with van der Waals surface area (Å²) < 4.78 is 1.46. The fourth-order valence-corrected chi connectivity index (χ4v) is 1.19. The van der Waals surface area contributed by atoms with Crippen LogP contribution in [0.3, 0.4) is 0 Å². The van der Waals surface area contributed by atoms with Crippen molar-refractivity contribution in [3.05, 3.63) is 42.5 Å². The fraction of sp³-hybridized carbons (Fsp3) is 0. The minimum atomic E-state index is -1.26. The van der Waals surface area contributed by atoms with Crippen LogP contribution in [0, 0.1) is 39.6 Å². The van der Waals surface area contributed by atoms with Crippen molar-refractivity contribution < 1.29 is 59.5 Å². The van der Waals surface area contributed by atoms with Crippen LogP contribution in [-0.2, 0) is 9.59 Å². The van der Waals surface area contributed by atoms with Gasteiger partial charge in [0.25, 0.3) is 0 Å². The van der Waals surface area contributed by atoms with Crippen molar-refractivity contribution in [1.82, 2.24) is 0 Å². The van der Waals surface area contributed by atoms with Crippen LogP contribution < -0.4 is 1.08 Å². The number of aliphatic carboxylic acids is 2. The van der Waals surface area contributed by atoms with E-state index >= 15 is 0 Å². The van der Waals surface area contributed by atoms with Gasteiger partial charge in [-0.25, -0.2) is 9.59 Å². The Kier molecular flexibility index (Phi) is 8.16. The molecule has 1 aromatic rings. The molecule has 0 spiro atoms. The van der Waals surface area contributed by atoms with Gasteiger partial charge in [-0.2, -0.15) is 0 Å². The van der Waals surface area contributed by atoms with E-state index in [9.17, 15) is 9.59 Å². The molecule has 77 valence electrons. The van der Waals surface area contributed by atoms with E-state index in [1.54, 1.807) is 0 Å². The maximum absolute atomic E-state index is 9.55. The summed E-state index contributed by atoms with van der Waals surface area (Å²) >= 11 is 1.17. The van der Waals surface area contributed by atoms with E-state index in [0.717, 1.165) is 0 Å². The van der Waals surface area contributed by atoms with Gasteiger partial charge in [-0.3, -0.25) is 0 Å². The van der Waals surface area contributed by atoms with Crippen LogP contribution in [0.5, 0.6) is 0 Å². The topological polar surface area (TPSA) is 74.6 Å². The Hall–Kier alpha value is -0.723. The van der Waals surface area contributed by atoms with Crippen molar-refractivity contribution in [2.75, 3.05) is 0 Å². The van der Waals surface area contributed by atoms with Crippen LogP contribution >= 0.6 is 0 Å². The van der Waals surface area contributed by atoms with E-state index in [0.29, 0.717) is 12.2 Å². The van der Waals surface area contributed by atoms with Gasteiger partial charge >= 0.3 is 83.0 Å². The van der Waals surface area contributed by atoms with Gasteiger partial charge in [0.05, 0.1) is 0 Å². The van der Waals surface area contributed by atoms with Gasteiger partial charge in [0.1, 0.15) is 0 Å². The molecule has 0 bridgehead atoms. The zero-order valence-electron chi connectivity index (χ0n) is 7.75. The first-order valence-corrected chi connectivity index (χ1v) is 5.50. The molecule has 5 heteroatoms. The minimum absolute atomic E-state index is 0.558. The first kappa shape index (κ1) is 14.3. The number of benzene rings is 1. The molecule has 1 rings (SSSR count). The third kappa shape index (κ3) is 11.2. The summed E-state index contributed by atoms with van der Waals surface area (Å²) in [6, 6.07) is 10.5. The SMILES string of the molecule is O=C(O)/C=C\C(=O)O.[Ce][c]1ccccc1. The number of carboxylic acid groups (broad SMARTS) is 2. The molecule has 0 aliphatic carbocycles. The molecule has 4 nitrogen and oxygen atoms in total. The van der Waals surface area contributed by atoms with Crippen LogP contribution in [0.1, 0.15) is 0 Å². The molecule has 0 amide bonds. The van der Waals surface area contributed by atoms with Gasteiger partial charge in [-0.05, 0) is 0 Å². The summed E-state index contributed by atoms with van der Waals surface area (Å²) in [6.45, 7) is 0. The van der Waals surface area contributed by atoms with Crippen LogP contribution in [0.2, 0.25) is 0 Å². The average Bonchev–Trinajstić information content (AvgIpc) is 2.17. The van der Waals surface area contributed by atoms with Crippen molar-refractivity contribution in [2.45, 2.75) is 0 Å². The summed E-state index contributed by atoms with van der Waals surface area (Å²) in [7, 11) is 0. The quantitative estimate of drug-likeness (QED) is 0.776. The Morgan fingerprint density at radius 2 is 1.40 bits per heavy atom. The number of carbonyl (C=O) groups is 2. The summed E-state index contributed by atoms with van der Waals surface area (Å²) in [5.74, 6) is -2.51. The molecule has 0 radical (unpaired) electrons. The second kappa shape index (κ2) is 8.57. The van der Waals surface area contributed by atoms with Crippen molar-refractivity contribution >= 4 is 13.0 Å². The molecular weight excluding hydrogens is 324 g/mol. The zero-order valence-corrected chi connectivity index (χ0v) is 10.9. The zero-order chi connectivity index (χ0) is 11.7. The van der Waals surface area contributed by atoms with E-state index in [4.69, 9.17) is 10.2 Å². The molecular formula is C10H9CeO4. The Labute approximate surface area is 114 Å². The Morgan fingerprint density at radius 1 is 1.00 bits per heavy atom. The standard InChI is InChI=1S/C6H5.C4H4O4.Ce/c1-2-4-6-5-3-1;5-3(6)1-2-4(7)8;/h1-5H;1-2H,(H,5,6)(H,7,8);/b;2-1-;. The molecule has 0 atom stereocenters. The van der Waals surface area contributed by atoms with E-state index in [2.05, 4.69) is 24.3 Å². The van der Waals surface area contributed by atoms with Crippen LogP contribution in [-0.4, -0.2) is 22.2 Å². The number of hydrogen-bond acceptors (Lipinski definition) is 2. The monoisotopic (exact) mass is 333 g/mol. The van der Waals surface area contributed by atoms with Gasteiger partial charge < -0.3 is 10.2 Å². The van der Waals surface area contributed by atoms with Crippen molar-refractivity contribution in [3.63, 3.8) is 0 Å². The third-order valence-electron chi connectivity index (χ3n) is 1.14. The predicted octanol–water partition coefficient (Wildman–Crippen LogP) is 0.573. The fourth-order valence-electron chi connectivity index (χ4n) is 0.581. The molecule has 1 aromatic carbocycles. The van der Waals surface area contributed by atoms with Crippen LogP contribution in [0.15, 0.2) is 42.5 Å². The molecule has 0 saturated carbocycles. The first-order valence-electron chi connectivity index (χ1n) is 3.93.